The number of hydrogen-bond donors (Lipinski definition) is 1. The normalized spacial score (nSPS) is 12.5. The van der Waals surface area contributed by atoms with Gasteiger partial charge in [-0.2, -0.15) is 0 Å². The predicted molar refractivity (Wildman–Crippen MR) is 75.7 cm³/mol. The van der Waals surface area contributed by atoms with Gasteiger partial charge in [0.25, 0.3) is 0 Å². The summed E-state index contributed by atoms with van der Waals surface area (Å²) in [7, 11) is 0. The molecule has 2 N–H and O–H groups in total. The van der Waals surface area contributed by atoms with Crippen molar-refractivity contribution in [1.29, 1.82) is 0 Å². The Morgan fingerprint density at radius 1 is 0.944 bits per heavy atom. The Morgan fingerprint density at radius 3 is 2.22 bits per heavy atom. The van der Waals surface area contributed by atoms with E-state index in [2.05, 4.69) is 50.0 Å². The van der Waals surface area contributed by atoms with Gasteiger partial charge in [-0.05, 0) is 49.9 Å². The van der Waals surface area contributed by atoms with Crippen molar-refractivity contribution < 1.29 is 0 Å². The molecule has 0 radical (unpaired) electrons. The summed E-state index contributed by atoms with van der Waals surface area (Å²) in [6, 6.07) is 8.36. The molecule has 0 fully saturated rings. The largest absolute Gasteiger partial charge is 0.319 e. The summed E-state index contributed by atoms with van der Waals surface area (Å²) in [6.45, 7) is 8.31. The third kappa shape index (κ3) is 2.44. The fourth-order valence-corrected chi connectivity index (χ4v) is 2.37. The van der Waals surface area contributed by atoms with Crippen LogP contribution >= 0.6 is 0 Å². The Balaban J connectivity index is 2.44. The van der Waals surface area contributed by atoms with Crippen LogP contribution in [0.3, 0.4) is 0 Å². The number of rotatable bonds is 2. The monoisotopic (exact) mass is 240 g/mol. The molecule has 2 aromatic rings. The summed E-state index contributed by atoms with van der Waals surface area (Å²) >= 11 is 0. The quantitative estimate of drug-likeness (QED) is 0.874. The minimum atomic E-state index is -0.147. The number of pyridine rings is 1. The highest BCUT2D eigenvalue weighted by molar-refractivity contribution is 5.39. The third-order valence-corrected chi connectivity index (χ3v) is 3.31. The van der Waals surface area contributed by atoms with Crippen LogP contribution < -0.4 is 5.73 Å². The van der Waals surface area contributed by atoms with Crippen molar-refractivity contribution in [2.24, 2.45) is 5.73 Å². The Morgan fingerprint density at radius 2 is 1.61 bits per heavy atom. The minimum Gasteiger partial charge on any atom is -0.319 e. The SMILES string of the molecule is Cc1ccc(C(N)c2ncc(C)cc2C)c(C)c1. The van der Waals surface area contributed by atoms with Gasteiger partial charge in [0.2, 0.25) is 0 Å². The smallest absolute Gasteiger partial charge is 0.0731 e. The molecule has 0 aliphatic heterocycles. The molecular formula is C16H20N2. The van der Waals surface area contributed by atoms with Crippen LogP contribution in [0.2, 0.25) is 0 Å². The molecule has 1 aromatic carbocycles. The number of aromatic nitrogens is 1. The number of nitrogens with zero attached hydrogens (tertiary/aromatic N) is 1. The molecule has 0 aliphatic rings. The highest BCUT2D eigenvalue weighted by Gasteiger charge is 2.15. The molecule has 18 heavy (non-hydrogen) atoms. The molecule has 0 saturated heterocycles. The number of nitrogens with two attached hydrogens (primary N) is 1. The van der Waals surface area contributed by atoms with Gasteiger partial charge in [0.1, 0.15) is 0 Å². The standard InChI is InChI=1S/C16H20N2/c1-10-5-6-14(12(3)7-10)15(17)16-13(4)8-11(2)9-18-16/h5-9,15H,17H2,1-4H3. The van der Waals surface area contributed by atoms with Crippen LogP contribution in [-0.2, 0) is 0 Å². The summed E-state index contributed by atoms with van der Waals surface area (Å²) in [5.41, 5.74) is 13.3. The first kappa shape index (κ1) is 12.8. The van der Waals surface area contributed by atoms with Gasteiger partial charge in [0, 0.05) is 6.20 Å². The van der Waals surface area contributed by atoms with Crippen LogP contribution in [-0.4, -0.2) is 4.98 Å². The number of aryl methyl sites for hydroxylation is 4. The van der Waals surface area contributed by atoms with Crippen LogP contribution in [0.1, 0.15) is 39.6 Å². The van der Waals surface area contributed by atoms with E-state index in [4.69, 9.17) is 5.73 Å². The molecule has 1 atom stereocenters. The van der Waals surface area contributed by atoms with Gasteiger partial charge in [-0.1, -0.05) is 29.8 Å². The summed E-state index contributed by atoms with van der Waals surface area (Å²) in [5.74, 6) is 0. The van der Waals surface area contributed by atoms with E-state index in [1.54, 1.807) is 0 Å². The van der Waals surface area contributed by atoms with E-state index in [1.165, 1.54) is 16.7 Å². The van der Waals surface area contributed by atoms with Crippen LogP contribution in [0.4, 0.5) is 0 Å². The second-order valence-corrected chi connectivity index (χ2v) is 5.05. The van der Waals surface area contributed by atoms with Crippen molar-refractivity contribution in [3.05, 3.63) is 64.0 Å². The second kappa shape index (κ2) is 4.91. The third-order valence-electron chi connectivity index (χ3n) is 3.31. The average molecular weight is 240 g/mol. The maximum Gasteiger partial charge on any atom is 0.0731 e. The van der Waals surface area contributed by atoms with Crippen LogP contribution in [0.25, 0.3) is 0 Å². The van der Waals surface area contributed by atoms with Crippen molar-refractivity contribution in [2.75, 3.05) is 0 Å². The van der Waals surface area contributed by atoms with Crippen molar-refractivity contribution in [2.45, 2.75) is 33.7 Å². The Kier molecular flexibility index (Phi) is 3.48. The van der Waals surface area contributed by atoms with E-state index in [-0.39, 0.29) is 6.04 Å². The van der Waals surface area contributed by atoms with Gasteiger partial charge in [0.05, 0.1) is 11.7 Å². The van der Waals surface area contributed by atoms with Crippen LogP contribution in [0.5, 0.6) is 0 Å². The van der Waals surface area contributed by atoms with E-state index in [9.17, 15) is 0 Å². The molecular weight excluding hydrogens is 220 g/mol. The predicted octanol–water partition coefficient (Wildman–Crippen LogP) is 3.36. The first-order valence-electron chi connectivity index (χ1n) is 6.25. The fraction of sp³-hybridized carbons (Fsp3) is 0.312. The van der Waals surface area contributed by atoms with Gasteiger partial charge in [-0.15, -0.1) is 0 Å². The van der Waals surface area contributed by atoms with Gasteiger partial charge in [-0.3, -0.25) is 4.98 Å². The lowest BCUT2D eigenvalue weighted by atomic mass is 9.95. The van der Waals surface area contributed by atoms with Gasteiger partial charge in [-0.25, -0.2) is 0 Å². The Bertz CT molecular complexity index is 522. The highest BCUT2D eigenvalue weighted by Crippen LogP contribution is 2.24. The van der Waals surface area contributed by atoms with Crippen molar-refractivity contribution in [1.82, 2.24) is 4.98 Å². The zero-order valence-corrected chi connectivity index (χ0v) is 11.5. The molecule has 1 heterocycles. The molecule has 2 nitrogen and oxygen atoms in total. The van der Waals surface area contributed by atoms with E-state index in [1.807, 2.05) is 13.1 Å². The lowest BCUT2D eigenvalue weighted by molar-refractivity contribution is 0.808. The van der Waals surface area contributed by atoms with E-state index in [0.717, 1.165) is 16.8 Å². The topological polar surface area (TPSA) is 38.9 Å². The number of hydrogen-bond acceptors (Lipinski definition) is 2. The van der Waals surface area contributed by atoms with Gasteiger partial charge in [0.15, 0.2) is 0 Å². The second-order valence-electron chi connectivity index (χ2n) is 5.05. The lowest BCUT2D eigenvalue weighted by Gasteiger charge is -2.17. The molecule has 1 unspecified atom stereocenters. The van der Waals surface area contributed by atoms with E-state index >= 15 is 0 Å². The maximum atomic E-state index is 6.36. The van der Waals surface area contributed by atoms with Crippen molar-refractivity contribution in [3.8, 4) is 0 Å². The molecule has 0 saturated carbocycles. The molecule has 2 heteroatoms. The summed E-state index contributed by atoms with van der Waals surface area (Å²) in [5, 5.41) is 0. The van der Waals surface area contributed by atoms with Crippen LogP contribution in [0.15, 0.2) is 30.5 Å². The summed E-state index contributed by atoms with van der Waals surface area (Å²) in [6.07, 6.45) is 1.88. The molecule has 0 aliphatic carbocycles. The lowest BCUT2D eigenvalue weighted by Crippen LogP contribution is -2.16. The zero-order valence-electron chi connectivity index (χ0n) is 11.5. The fourth-order valence-electron chi connectivity index (χ4n) is 2.37. The Labute approximate surface area is 109 Å². The van der Waals surface area contributed by atoms with E-state index in [0.29, 0.717) is 0 Å². The molecule has 0 spiro atoms. The van der Waals surface area contributed by atoms with E-state index < -0.39 is 0 Å². The van der Waals surface area contributed by atoms with Crippen LogP contribution in [0, 0.1) is 27.7 Å². The van der Waals surface area contributed by atoms with Gasteiger partial charge < -0.3 is 5.73 Å². The summed E-state index contributed by atoms with van der Waals surface area (Å²) in [4.78, 5) is 4.49. The Hall–Kier alpha value is -1.67. The molecule has 0 bridgehead atoms. The van der Waals surface area contributed by atoms with Crippen molar-refractivity contribution >= 4 is 0 Å². The minimum absolute atomic E-state index is 0.147. The number of benzene rings is 1. The maximum absolute atomic E-state index is 6.36. The first-order chi connectivity index (χ1) is 8.49. The molecule has 1 aromatic heterocycles. The highest BCUT2D eigenvalue weighted by atomic mass is 14.8. The summed E-state index contributed by atoms with van der Waals surface area (Å²) < 4.78 is 0. The first-order valence-corrected chi connectivity index (χ1v) is 6.25. The average Bonchev–Trinajstić information content (AvgIpc) is 2.28. The molecule has 0 amide bonds. The zero-order chi connectivity index (χ0) is 13.3. The van der Waals surface area contributed by atoms with Crippen molar-refractivity contribution in [3.63, 3.8) is 0 Å². The molecule has 2 rings (SSSR count). The van der Waals surface area contributed by atoms with Gasteiger partial charge >= 0.3 is 0 Å². The molecule has 94 valence electrons.